The predicted molar refractivity (Wildman–Crippen MR) is 64.0 cm³/mol. The van der Waals surface area contributed by atoms with Crippen LogP contribution in [0, 0.1) is 0 Å². The van der Waals surface area contributed by atoms with Gasteiger partial charge in [0, 0.05) is 31.2 Å². The van der Waals surface area contributed by atoms with Gasteiger partial charge in [-0.3, -0.25) is 0 Å². The van der Waals surface area contributed by atoms with Gasteiger partial charge in [-0.05, 0) is 19.9 Å². The Morgan fingerprint density at radius 1 is 1.50 bits per heavy atom. The van der Waals surface area contributed by atoms with Gasteiger partial charge in [0.2, 0.25) is 0 Å². The molecule has 1 N–H and O–H groups in total. The van der Waals surface area contributed by atoms with Crippen LogP contribution in [0.3, 0.4) is 0 Å². The minimum absolute atomic E-state index is 0.248. The van der Waals surface area contributed by atoms with Crippen LogP contribution in [0.25, 0.3) is 0 Å². The van der Waals surface area contributed by atoms with E-state index in [2.05, 4.69) is 17.2 Å². The zero-order chi connectivity index (χ0) is 12.0. The van der Waals surface area contributed by atoms with Crippen LogP contribution in [0.5, 0.6) is 0 Å². The molecular weight excluding hydrogens is 226 g/mol. The van der Waals surface area contributed by atoms with Crippen molar-refractivity contribution in [2.45, 2.75) is 25.9 Å². The second-order valence-electron chi connectivity index (χ2n) is 4.10. The SMILES string of the molecule is CC(Cn1ccnc1)NCCCS(C)(=O)=O. The molecule has 92 valence electrons. The zero-order valence-electron chi connectivity index (χ0n) is 9.76. The molecule has 0 bridgehead atoms. The first-order chi connectivity index (χ1) is 7.47. The van der Waals surface area contributed by atoms with Crippen molar-refractivity contribution in [1.29, 1.82) is 0 Å². The lowest BCUT2D eigenvalue weighted by Gasteiger charge is -2.13. The Hall–Kier alpha value is -0.880. The first kappa shape index (κ1) is 13.2. The van der Waals surface area contributed by atoms with E-state index in [1.54, 1.807) is 12.5 Å². The quantitative estimate of drug-likeness (QED) is 0.702. The average Bonchev–Trinajstić information content (AvgIpc) is 2.63. The summed E-state index contributed by atoms with van der Waals surface area (Å²) >= 11 is 0. The summed E-state index contributed by atoms with van der Waals surface area (Å²) in [5, 5.41) is 3.28. The van der Waals surface area contributed by atoms with Gasteiger partial charge in [0.25, 0.3) is 0 Å². The summed E-state index contributed by atoms with van der Waals surface area (Å²) in [5.41, 5.74) is 0. The highest BCUT2D eigenvalue weighted by Gasteiger charge is 2.04. The van der Waals surface area contributed by atoms with Gasteiger partial charge in [-0.1, -0.05) is 0 Å². The molecule has 1 aromatic rings. The number of nitrogens with one attached hydrogen (secondary N) is 1. The molecule has 0 amide bonds. The monoisotopic (exact) mass is 245 g/mol. The summed E-state index contributed by atoms with van der Waals surface area (Å²) in [4.78, 5) is 3.96. The molecular formula is C10H19N3O2S. The third-order valence-corrected chi connectivity index (χ3v) is 3.26. The van der Waals surface area contributed by atoms with Crippen molar-refractivity contribution in [1.82, 2.24) is 14.9 Å². The molecule has 6 heteroatoms. The maximum atomic E-state index is 10.9. The summed E-state index contributed by atoms with van der Waals surface area (Å²) in [6.45, 7) is 3.64. The molecule has 5 nitrogen and oxygen atoms in total. The van der Waals surface area contributed by atoms with E-state index in [4.69, 9.17) is 0 Å². The van der Waals surface area contributed by atoms with Crippen LogP contribution in [0.4, 0.5) is 0 Å². The lowest BCUT2D eigenvalue weighted by atomic mass is 10.3. The minimum Gasteiger partial charge on any atom is -0.336 e. The highest BCUT2D eigenvalue weighted by molar-refractivity contribution is 7.90. The molecule has 0 aliphatic rings. The summed E-state index contributed by atoms with van der Waals surface area (Å²) in [7, 11) is -2.83. The van der Waals surface area contributed by atoms with E-state index in [1.807, 2.05) is 10.8 Å². The second-order valence-corrected chi connectivity index (χ2v) is 6.36. The second kappa shape index (κ2) is 6.00. The third kappa shape index (κ3) is 5.87. The molecule has 0 saturated heterocycles. The Kier molecular flexibility index (Phi) is 4.95. The minimum atomic E-state index is -2.83. The molecule has 0 aliphatic heterocycles. The Labute approximate surface area is 96.8 Å². The van der Waals surface area contributed by atoms with E-state index in [9.17, 15) is 8.42 Å². The van der Waals surface area contributed by atoms with Crippen LogP contribution in [0.15, 0.2) is 18.7 Å². The van der Waals surface area contributed by atoms with Crippen molar-refractivity contribution in [3.8, 4) is 0 Å². The van der Waals surface area contributed by atoms with Gasteiger partial charge in [0.05, 0.1) is 12.1 Å². The number of hydrogen-bond acceptors (Lipinski definition) is 4. The van der Waals surface area contributed by atoms with Crippen LogP contribution in [-0.2, 0) is 16.4 Å². The van der Waals surface area contributed by atoms with Gasteiger partial charge < -0.3 is 9.88 Å². The topological polar surface area (TPSA) is 64.0 Å². The fourth-order valence-corrected chi connectivity index (χ4v) is 2.13. The van der Waals surface area contributed by atoms with Gasteiger partial charge >= 0.3 is 0 Å². The molecule has 1 aromatic heterocycles. The van der Waals surface area contributed by atoms with Crippen LogP contribution in [-0.4, -0.2) is 42.6 Å². The van der Waals surface area contributed by atoms with Crippen molar-refractivity contribution >= 4 is 9.84 Å². The molecule has 0 saturated carbocycles. The van der Waals surface area contributed by atoms with Gasteiger partial charge in [-0.25, -0.2) is 13.4 Å². The highest BCUT2D eigenvalue weighted by Crippen LogP contribution is 1.93. The predicted octanol–water partition coefficient (Wildman–Crippen LogP) is 0.296. The van der Waals surface area contributed by atoms with Gasteiger partial charge in [0.15, 0.2) is 0 Å². The molecule has 0 fully saturated rings. The maximum absolute atomic E-state index is 10.9. The van der Waals surface area contributed by atoms with Crippen molar-refractivity contribution in [2.75, 3.05) is 18.6 Å². The van der Waals surface area contributed by atoms with E-state index in [0.29, 0.717) is 12.5 Å². The van der Waals surface area contributed by atoms with E-state index < -0.39 is 9.84 Å². The molecule has 1 atom stereocenters. The summed E-state index contributed by atoms with van der Waals surface area (Å²) < 4.78 is 23.8. The molecule has 1 unspecified atom stereocenters. The Morgan fingerprint density at radius 2 is 2.25 bits per heavy atom. The molecule has 0 radical (unpaired) electrons. The number of rotatable bonds is 7. The van der Waals surface area contributed by atoms with Crippen molar-refractivity contribution in [3.63, 3.8) is 0 Å². The fraction of sp³-hybridized carbons (Fsp3) is 0.700. The van der Waals surface area contributed by atoms with Gasteiger partial charge in [-0.2, -0.15) is 0 Å². The molecule has 0 aliphatic carbocycles. The lowest BCUT2D eigenvalue weighted by molar-refractivity contribution is 0.476. The Balaban J connectivity index is 2.14. The highest BCUT2D eigenvalue weighted by atomic mass is 32.2. The normalized spacial score (nSPS) is 13.9. The molecule has 1 rings (SSSR count). The van der Waals surface area contributed by atoms with Crippen LogP contribution in [0.1, 0.15) is 13.3 Å². The standard InChI is InChI=1S/C10H19N3O2S/c1-10(8-13-6-5-11-9-13)12-4-3-7-16(2,14)15/h5-6,9-10,12H,3-4,7-8H2,1-2H3. The number of sulfone groups is 1. The summed E-state index contributed by atoms with van der Waals surface area (Å²) in [6.07, 6.45) is 7.36. The average molecular weight is 245 g/mol. The number of aromatic nitrogens is 2. The van der Waals surface area contributed by atoms with Crippen molar-refractivity contribution < 1.29 is 8.42 Å². The number of hydrogen-bond donors (Lipinski definition) is 1. The van der Waals surface area contributed by atoms with Gasteiger partial charge in [0.1, 0.15) is 9.84 Å². The maximum Gasteiger partial charge on any atom is 0.147 e. The van der Waals surface area contributed by atoms with Crippen LogP contribution < -0.4 is 5.32 Å². The largest absolute Gasteiger partial charge is 0.336 e. The first-order valence-corrected chi connectivity index (χ1v) is 7.40. The fourth-order valence-electron chi connectivity index (χ4n) is 1.46. The van der Waals surface area contributed by atoms with Crippen molar-refractivity contribution in [2.24, 2.45) is 0 Å². The zero-order valence-corrected chi connectivity index (χ0v) is 10.6. The van der Waals surface area contributed by atoms with Crippen LogP contribution >= 0.6 is 0 Å². The molecule has 1 heterocycles. The van der Waals surface area contributed by atoms with E-state index >= 15 is 0 Å². The van der Waals surface area contributed by atoms with E-state index in [0.717, 1.165) is 13.1 Å². The smallest absolute Gasteiger partial charge is 0.147 e. The number of nitrogens with zero attached hydrogens (tertiary/aromatic N) is 2. The molecule has 0 aromatic carbocycles. The Bertz CT molecular complexity index is 386. The summed E-state index contributed by atoms with van der Waals surface area (Å²) in [6, 6.07) is 0.314. The first-order valence-electron chi connectivity index (χ1n) is 5.34. The van der Waals surface area contributed by atoms with E-state index in [-0.39, 0.29) is 5.75 Å². The summed E-state index contributed by atoms with van der Waals surface area (Å²) in [5.74, 6) is 0.248. The van der Waals surface area contributed by atoms with Crippen LogP contribution in [0.2, 0.25) is 0 Å². The molecule has 16 heavy (non-hydrogen) atoms. The third-order valence-electron chi connectivity index (χ3n) is 2.23. The Morgan fingerprint density at radius 3 is 2.81 bits per heavy atom. The molecule has 0 spiro atoms. The lowest BCUT2D eigenvalue weighted by Crippen LogP contribution is -2.31. The van der Waals surface area contributed by atoms with Crippen molar-refractivity contribution in [3.05, 3.63) is 18.7 Å². The number of imidazole rings is 1. The van der Waals surface area contributed by atoms with Gasteiger partial charge in [-0.15, -0.1) is 0 Å². The van der Waals surface area contributed by atoms with E-state index in [1.165, 1.54) is 6.26 Å².